The van der Waals surface area contributed by atoms with Crippen LogP contribution in [0.2, 0.25) is 0 Å². The molecule has 0 bridgehead atoms. The largest absolute Gasteiger partial charge is 0.376 e. The van der Waals surface area contributed by atoms with Crippen LogP contribution < -0.4 is 4.90 Å². The van der Waals surface area contributed by atoms with Gasteiger partial charge in [-0.15, -0.1) is 5.10 Å². The molecule has 2 aromatic rings. The molecule has 1 aliphatic rings. The number of carbonyl (C=O) groups is 1. The van der Waals surface area contributed by atoms with Crippen LogP contribution in [0.25, 0.3) is 0 Å². The first-order chi connectivity index (χ1) is 11.6. The second-order valence-electron chi connectivity index (χ2n) is 5.65. The quantitative estimate of drug-likeness (QED) is 0.820. The maximum Gasteiger partial charge on any atom is 0.280 e. The van der Waals surface area contributed by atoms with E-state index in [2.05, 4.69) is 15.3 Å². The van der Waals surface area contributed by atoms with Gasteiger partial charge in [0.1, 0.15) is 12.1 Å². The number of rotatable bonds is 5. The molecule has 0 aromatic carbocycles. The highest BCUT2D eigenvalue weighted by atomic mass is 16.5. The monoisotopic (exact) mass is 331 g/mol. The smallest absolute Gasteiger partial charge is 0.280 e. The maximum atomic E-state index is 12.7. The number of nitrogens with zero attached hydrogens (tertiary/aromatic N) is 5. The highest BCUT2D eigenvalue weighted by molar-refractivity contribution is 6.04. The summed E-state index contributed by atoms with van der Waals surface area (Å²) in [6, 6.07) is 3.58. The Morgan fingerprint density at radius 2 is 2.33 bits per heavy atom. The lowest BCUT2D eigenvalue weighted by Gasteiger charge is -2.18. The van der Waals surface area contributed by atoms with Crippen molar-refractivity contribution in [2.75, 3.05) is 31.8 Å². The van der Waals surface area contributed by atoms with Crippen molar-refractivity contribution in [2.24, 2.45) is 0 Å². The first-order valence-corrected chi connectivity index (χ1v) is 7.92. The number of hydrogen-bond donors (Lipinski definition) is 0. The summed E-state index contributed by atoms with van der Waals surface area (Å²) in [6.45, 7) is 5.43. The van der Waals surface area contributed by atoms with E-state index in [4.69, 9.17) is 9.47 Å². The standard InChI is InChI=1S/C16H21N5O3/c1-4-24-15-10-23-9-14(15)21-8-12(18-19-21)16(22)20(3)13-6-5-7-17-11(13)2/h5-8,14-15H,4,9-10H2,1-3H3/t14-,15-/m1/s1. The normalized spacial score (nSPS) is 20.3. The molecule has 8 heteroatoms. The van der Waals surface area contributed by atoms with Crippen molar-refractivity contribution in [1.29, 1.82) is 0 Å². The molecule has 3 rings (SSSR count). The lowest BCUT2D eigenvalue weighted by atomic mass is 10.2. The molecular weight excluding hydrogens is 310 g/mol. The van der Waals surface area contributed by atoms with Crippen molar-refractivity contribution in [2.45, 2.75) is 26.0 Å². The van der Waals surface area contributed by atoms with Gasteiger partial charge in [-0.2, -0.15) is 0 Å². The predicted molar refractivity (Wildman–Crippen MR) is 87.0 cm³/mol. The molecule has 0 saturated carbocycles. The third-order valence-electron chi connectivity index (χ3n) is 4.09. The molecule has 24 heavy (non-hydrogen) atoms. The molecule has 1 fully saturated rings. The third-order valence-corrected chi connectivity index (χ3v) is 4.09. The Kier molecular flexibility index (Phi) is 4.86. The van der Waals surface area contributed by atoms with Gasteiger partial charge in [-0.25, -0.2) is 4.68 Å². The van der Waals surface area contributed by atoms with Crippen LogP contribution in [0.1, 0.15) is 29.1 Å². The Morgan fingerprint density at radius 3 is 3.08 bits per heavy atom. The summed E-state index contributed by atoms with van der Waals surface area (Å²) in [7, 11) is 1.70. The summed E-state index contributed by atoms with van der Waals surface area (Å²) in [5.74, 6) is -0.232. The fraction of sp³-hybridized carbons (Fsp3) is 0.500. The second kappa shape index (κ2) is 7.06. The highest BCUT2D eigenvalue weighted by Gasteiger charge is 2.32. The average Bonchev–Trinajstić information content (AvgIpc) is 3.23. The zero-order valence-electron chi connectivity index (χ0n) is 14.0. The third kappa shape index (κ3) is 3.15. The molecule has 128 valence electrons. The maximum absolute atomic E-state index is 12.7. The van der Waals surface area contributed by atoms with Gasteiger partial charge in [0.2, 0.25) is 0 Å². The van der Waals surface area contributed by atoms with E-state index in [1.165, 1.54) is 4.90 Å². The second-order valence-corrected chi connectivity index (χ2v) is 5.65. The van der Waals surface area contributed by atoms with Crippen molar-refractivity contribution in [1.82, 2.24) is 20.0 Å². The summed E-state index contributed by atoms with van der Waals surface area (Å²) < 4.78 is 12.8. The minimum Gasteiger partial charge on any atom is -0.376 e. The van der Waals surface area contributed by atoms with Crippen molar-refractivity contribution < 1.29 is 14.3 Å². The van der Waals surface area contributed by atoms with Crippen LogP contribution in [-0.2, 0) is 9.47 Å². The van der Waals surface area contributed by atoms with Crippen LogP contribution >= 0.6 is 0 Å². The Hall–Kier alpha value is -2.32. The van der Waals surface area contributed by atoms with Gasteiger partial charge in [0.25, 0.3) is 5.91 Å². The van der Waals surface area contributed by atoms with Crippen molar-refractivity contribution in [3.8, 4) is 0 Å². The van der Waals surface area contributed by atoms with E-state index >= 15 is 0 Å². The van der Waals surface area contributed by atoms with E-state index < -0.39 is 0 Å². The zero-order chi connectivity index (χ0) is 17.1. The lowest BCUT2D eigenvalue weighted by Crippen LogP contribution is -2.28. The van der Waals surface area contributed by atoms with Gasteiger partial charge in [-0.3, -0.25) is 9.78 Å². The highest BCUT2D eigenvalue weighted by Crippen LogP contribution is 2.22. The number of aromatic nitrogens is 4. The van der Waals surface area contributed by atoms with Gasteiger partial charge < -0.3 is 14.4 Å². The van der Waals surface area contributed by atoms with Gasteiger partial charge in [-0.05, 0) is 26.0 Å². The molecule has 1 aliphatic heterocycles. The average molecular weight is 331 g/mol. The molecule has 0 N–H and O–H groups in total. The van der Waals surface area contributed by atoms with Crippen molar-refractivity contribution in [3.05, 3.63) is 35.9 Å². The van der Waals surface area contributed by atoms with Gasteiger partial charge in [0.05, 0.1) is 30.8 Å². The molecule has 3 heterocycles. The number of ether oxygens (including phenoxy) is 2. The van der Waals surface area contributed by atoms with Crippen molar-refractivity contribution >= 4 is 11.6 Å². The Labute approximate surface area is 140 Å². The molecule has 0 aliphatic carbocycles. The Bertz CT molecular complexity index is 717. The van der Waals surface area contributed by atoms with E-state index in [0.29, 0.717) is 19.8 Å². The van der Waals surface area contributed by atoms with Crippen LogP contribution in [-0.4, -0.2) is 58.9 Å². The number of carbonyl (C=O) groups excluding carboxylic acids is 1. The number of hydrogen-bond acceptors (Lipinski definition) is 6. The molecule has 0 unspecified atom stereocenters. The van der Waals surface area contributed by atoms with Crippen molar-refractivity contribution in [3.63, 3.8) is 0 Å². The minimum absolute atomic E-state index is 0.0653. The SMILES string of the molecule is CCO[C@@H]1COC[C@H]1n1cc(C(=O)N(C)c2cccnc2C)nn1. The van der Waals surface area contributed by atoms with Gasteiger partial charge in [-0.1, -0.05) is 5.21 Å². The minimum atomic E-state index is -0.232. The summed E-state index contributed by atoms with van der Waals surface area (Å²) >= 11 is 0. The van der Waals surface area contributed by atoms with Crippen LogP contribution in [0, 0.1) is 6.92 Å². The van der Waals surface area contributed by atoms with E-state index in [-0.39, 0.29) is 23.7 Å². The van der Waals surface area contributed by atoms with Crippen LogP contribution in [0.3, 0.4) is 0 Å². The Balaban J connectivity index is 1.78. The number of amides is 1. The summed E-state index contributed by atoms with van der Waals surface area (Å²) in [5, 5.41) is 8.12. The zero-order valence-corrected chi connectivity index (χ0v) is 14.0. The number of aryl methyl sites for hydroxylation is 1. The molecular formula is C16H21N5O3. The van der Waals surface area contributed by atoms with Crippen LogP contribution in [0.15, 0.2) is 24.5 Å². The summed E-state index contributed by atoms with van der Waals surface area (Å²) in [5.41, 5.74) is 1.80. The molecule has 0 spiro atoms. The van der Waals surface area contributed by atoms with E-state index in [1.807, 2.05) is 19.9 Å². The summed E-state index contributed by atoms with van der Waals surface area (Å²) in [6.07, 6.45) is 3.27. The van der Waals surface area contributed by atoms with E-state index in [9.17, 15) is 4.79 Å². The molecule has 2 aromatic heterocycles. The fourth-order valence-corrected chi connectivity index (χ4v) is 2.79. The van der Waals surface area contributed by atoms with Gasteiger partial charge in [0.15, 0.2) is 5.69 Å². The molecule has 8 nitrogen and oxygen atoms in total. The Morgan fingerprint density at radius 1 is 1.50 bits per heavy atom. The molecule has 1 saturated heterocycles. The number of anilines is 1. The van der Waals surface area contributed by atoms with E-state index in [0.717, 1.165) is 11.4 Å². The molecule has 0 radical (unpaired) electrons. The predicted octanol–water partition coefficient (Wildman–Crippen LogP) is 1.23. The van der Waals surface area contributed by atoms with Crippen LogP contribution in [0.5, 0.6) is 0 Å². The van der Waals surface area contributed by atoms with Crippen LogP contribution in [0.4, 0.5) is 5.69 Å². The summed E-state index contributed by atoms with van der Waals surface area (Å²) in [4.78, 5) is 18.4. The first-order valence-electron chi connectivity index (χ1n) is 7.92. The topological polar surface area (TPSA) is 82.4 Å². The fourth-order valence-electron chi connectivity index (χ4n) is 2.79. The first kappa shape index (κ1) is 16.5. The van der Waals surface area contributed by atoms with Gasteiger partial charge in [0, 0.05) is 19.9 Å². The van der Waals surface area contributed by atoms with Gasteiger partial charge >= 0.3 is 0 Å². The molecule has 1 amide bonds. The molecule has 2 atom stereocenters. The number of pyridine rings is 1. The van der Waals surface area contributed by atoms with E-state index in [1.54, 1.807) is 30.2 Å². The lowest BCUT2D eigenvalue weighted by molar-refractivity contribution is 0.0340.